The second-order valence-electron chi connectivity index (χ2n) is 8.61. The van der Waals surface area contributed by atoms with E-state index in [-0.39, 0.29) is 42.2 Å². The number of aromatic nitrogens is 2. The number of nitrogens with zero attached hydrogens (tertiary/aromatic N) is 3. The Morgan fingerprint density at radius 3 is 2.89 bits per heavy atom. The molecule has 35 heavy (non-hydrogen) atoms. The molecule has 4 rings (SSSR count). The number of hydrogen-bond donors (Lipinski definition) is 3. The largest absolute Gasteiger partial charge is 0.438 e. The van der Waals surface area contributed by atoms with Crippen LogP contribution in [0.4, 0.5) is 30.4 Å². The fourth-order valence-electron chi connectivity index (χ4n) is 4.33. The molecule has 1 aliphatic heterocycles. The van der Waals surface area contributed by atoms with E-state index in [2.05, 4.69) is 15.3 Å². The summed E-state index contributed by atoms with van der Waals surface area (Å²) in [6.45, 7) is 0.545. The van der Waals surface area contributed by atoms with Crippen LogP contribution in [0.15, 0.2) is 35.1 Å². The Kier molecular flexibility index (Phi) is 7.13. The van der Waals surface area contributed by atoms with Crippen LogP contribution in [0.2, 0.25) is 0 Å². The van der Waals surface area contributed by atoms with Crippen molar-refractivity contribution in [1.82, 2.24) is 9.97 Å². The van der Waals surface area contributed by atoms with Crippen molar-refractivity contribution in [3.63, 3.8) is 0 Å². The molecule has 0 aromatic carbocycles. The maximum Gasteiger partial charge on any atom is 0.393 e. The van der Waals surface area contributed by atoms with Crippen molar-refractivity contribution < 1.29 is 27.1 Å². The number of nitrogens with two attached hydrogens (primary N) is 2. The molecule has 3 aromatic rings. The Hall–Kier alpha value is -3.38. The molecule has 1 fully saturated rings. The van der Waals surface area contributed by atoms with Crippen LogP contribution < -0.4 is 21.7 Å². The van der Waals surface area contributed by atoms with E-state index in [4.69, 9.17) is 20.6 Å². The molecule has 2 atom stereocenters. The van der Waals surface area contributed by atoms with Gasteiger partial charge >= 0.3 is 6.18 Å². The normalized spacial score (nSPS) is 18.7. The number of furan rings is 1. The lowest BCUT2D eigenvalue weighted by Crippen LogP contribution is -2.51. The van der Waals surface area contributed by atoms with Crippen LogP contribution in [0, 0.1) is 5.92 Å². The molecule has 12 heteroatoms. The average molecular weight is 493 g/mol. The minimum Gasteiger partial charge on any atom is -0.438 e. The van der Waals surface area contributed by atoms with Gasteiger partial charge in [0.05, 0.1) is 23.5 Å². The number of anilines is 3. The van der Waals surface area contributed by atoms with Crippen LogP contribution >= 0.6 is 0 Å². The van der Waals surface area contributed by atoms with Gasteiger partial charge in [-0.2, -0.15) is 13.2 Å². The summed E-state index contributed by atoms with van der Waals surface area (Å²) in [7, 11) is 1.63. The average Bonchev–Trinajstić information content (AvgIpc) is 3.13. The Morgan fingerprint density at radius 1 is 1.34 bits per heavy atom. The highest BCUT2D eigenvalue weighted by Gasteiger charge is 2.44. The van der Waals surface area contributed by atoms with Gasteiger partial charge < -0.3 is 30.8 Å². The number of aryl methyl sites for hydroxylation is 1. The molecule has 4 heterocycles. The minimum atomic E-state index is -4.37. The highest BCUT2D eigenvalue weighted by molar-refractivity contribution is 6.15. The first-order valence-electron chi connectivity index (χ1n) is 11.2. The Morgan fingerprint density at radius 2 is 2.14 bits per heavy atom. The third-order valence-electron chi connectivity index (χ3n) is 5.99. The molecule has 0 radical (unpaired) electrons. The van der Waals surface area contributed by atoms with Gasteiger partial charge in [-0.3, -0.25) is 14.8 Å². The van der Waals surface area contributed by atoms with Crippen molar-refractivity contribution in [3.8, 4) is 0 Å². The second kappa shape index (κ2) is 10.1. The summed E-state index contributed by atoms with van der Waals surface area (Å²) in [5.41, 5.74) is 14.1. The molecule has 0 bridgehead atoms. The summed E-state index contributed by atoms with van der Waals surface area (Å²) >= 11 is 0. The lowest BCUT2D eigenvalue weighted by molar-refractivity contribution is -0.177. The number of halogens is 3. The predicted molar refractivity (Wildman–Crippen MR) is 125 cm³/mol. The molecule has 188 valence electrons. The van der Waals surface area contributed by atoms with Crippen LogP contribution in [0.3, 0.4) is 0 Å². The smallest absolute Gasteiger partial charge is 0.393 e. The van der Waals surface area contributed by atoms with Gasteiger partial charge in [0.15, 0.2) is 5.58 Å². The maximum atomic E-state index is 13.4. The Balaban J connectivity index is 1.58. The molecule has 0 saturated carbocycles. The highest BCUT2D eigenvalue weighted by atomic mass is 19.4. The van der Waals surface area contributed by atoms with Crippen LogP contribution in [0.25, 0.3) is 11.1 Å². The molecular formula is C23H27F3N6O3. The Labute approximate surface area is 199 Å². The topological polar surface area (TPSA) is 133 Å². The number of ether oxygens (including phenoxy) is 1. The van der Waals surface area contributed by atoms with E-state index in [1.807, 2.05) is 0 Å². The third-order valence-corrected chi connectivity index (χ3v) is 5.99. The van der Waals surface area contributed by atoms with Gasteiger partial charge in [0, 0.05) is 45.2 Å². The standard InChI is InChI=1S/C23H27F3N6O3/c1-34-6-2-3-13-7-18-20(30-9-13)19(21(28)35-18)22(33)31-16-10-29-5-4-17(16)32-11-14(23(24,25)26)8-15(27)12-32/h4-5,7,9-10,14-15H,2-3,6,8,11-12,27-28H2,1H3,(H,31,33). The zero-order valence-electron chi connectivity index (χ0n) is 19.1. The number of pyridine rings is 2. The molecule has 3 aromatic heterocycles. The maximum absolute atomic E-state index is 13.4. The highest BCUT2D eigenvalue weighted by Crippen LogP contribution is 2.37. The second-order valence-corrected chi connectivity index (χ2v) is 8.61. The molecule has 0 spiro atoms. The summed E-state index contributed by atoms with van der Waals surface area (Å²) in [6, 6.07) is 2.65. The number of amides is 1. The van der Waals surface area contributed by atoms with Crippen LogP contribution in [-0.4, -0.2) is 54.9 Å². The summed E-state index contributed by atoms with van der Waals surface area (Å²) in [6.07, 6.45) is 1.46. The van der Waals surface area contributed by atoms with Crippen molar-refractivity contribution in [2.75, 3.05) is 42.8 Å². The first-order chi connectivity index (χ1) is 16.7. The summed E-state index contributed by atoms with van der Waals surface area (Å²) in [5.74, 6) is -2.29. The lowest BCUT2D eigenvalue weighted by Gasteiger charge is -2.39. The molecule has 1 aliphatic rings. The van der Waals surface area contributed by atoms with Gasteiger partial charge in [0.2, 0.25) is 5.88 Å². The van der Waals surface area contributed by atoms with E-state index in [0.29, 0.717) is 17.9 Å². The fourth-order valence-corrected chi connectivity index (χ4v) is 4.33. The third kappa shape index (κ3) is 5.49. The number of hydrogen-bond acceptors (Lipinski definition) is 8. The molecule has 1 saturated heterocycles. The van der Waals surface area contributed by atoms with Gasteiger partial charge in [-0.1, -0.05) is 0 Å². The van der Waals surface area contributed by atoms with E-state index in [0.717, 1.165) is 18.4 Å². The lowest BCUT2D eigenvalue weighted by atomic mass is 9.93. The minimum absolute atomic E-state index is 0.0433. The van der Waals surface area contributed by atoms with Crippen molar-refractivity contribution >= 4 is 34.3 Å². The number of alkyl halides is 3. The molecule has 5 N–H and O–H groups in total. The molecular weight excluding hydrogens is 465 g/mol. The number of nitrogens with one attached hydrogen (secondary N) is 1. The van der Waals surface area contributed by atoms with Crippen molar-refractivity contribution in [1.29, 1.82) is 0 Å². The van der Waals surface area contributed by atoms with Gasteiger partial charge in [-0.05, 0) is 37.0 Å². The zero-order chi connectivity index (χ0) is 25.2. The summed E-state index contributed by atoms with van der Waals surface area (Å²) < 4.78 is 50.8. The SMILES string of the molecule is COCCCc1cnc2c(C(=O)Nc3cnccc3N3CC(N)CC(C(F)(F)F)C3)c(N)oc2c1. The number of rotatable bonds is 7. The van der Waals surface area contributed by atoms with Crippen LogP contribution in [0.5, 0.6) is 0 Å². The van der Waals surface area contributed by atoms with Crippen LogP contribution in [-0.2, 0) is 11.2 Å². The van der Waals surface area contributed by atoms with E-state index >= 15 is 0 Å². The number of fused-ring (bicyclic) bond motifs is 1. The summed E-state index contributed by atoms with van der Waals surface area (Å²) in [4.78, 5) is 23.1. The number of carbonyl (C=O) groups is 1. The van der Waals surface area contributed by atoms with Gasteiger partial charge in [0.25, 0.3) is 5.91 Å². The number of nitrogen functional groups attached to an aromatic ring is 1. The van der Waals surface area contributed by atoms with Crippen molar-refractivity contribution in [3.05, 3.63) is 41.9 Å². The molecule has 9 nitrogen and oxygen atoms in total. The van der Waals surface area contributed by atoms with E-state index < -0.39 is 24.0 Å². The van der Waals surface area contributed by atoms with Crippen molar-refractivity contribution in [2.24, 2.45) is 11.7 Å². The number of carbonyl (C=O) groups excluding carboxylic acids is 1. The molecule has 0 aliphatic carbocycles. The summed E-state index contributed by atoms with van der Waals surface area (Å²) in [5, 5.41) is 2.71. The monoisotopic (exact) mass is 492 g/mol. The van der Waals surface area contributed by atoms with Gasteiger partial charge in [-0.25, -0.2) is 0 Å². The van der Waals surface area contributed by atoms with Gasteiger partial charge in [-0.15, -0.1) is 0 Å². The zero-order valence-corrected chi connectivity index (χ0v) is 19.1. The van der Waals surface area contributed by atoms with E-state index in [1.165, 1.54) is 17.3 Å². The van der Waals surface area contributed by atoms with E-state index in [1.54, 1.807) is 25.4 Å². The molecule has 2 unspecified atom stereocenters. The first kappa shape index (κ1) is 24.7. The number of piperidine rings is 1. The first-order valence-corrected chi connectivity index (χ1v) is 11.2. The predicted octanol–water partition coefficient (Wildman–Crippen LogP) is 3.35. The Bertz CT molecular complexity index is 1200. The molecule has 1 amide bonds. The van der Waals surface area contributed by atoms with Crippen LogP contribution in [0.1, 0.15) is 28.8 Å². The van der Waals surface area contributed by atoms with Crippen molar-refractivity contribution in [2.45, 2.75) is 31.5 Å². The quantitative estimate of drug-likeness (QED) is 0.428. The van der Waals surface area contributed by atoms with Gasteiger partial charge in [0.1, 0.15) is 11.1 Å². The van der Waals surface area contributed by atoms with E-state index in [9.17, 15) is 18.0 Å². The fraction of sp³-hybridized carbons (Fsp3) is 0.435. The number of methoxy groups -OCH3 is 1.